The number of nitrogens with zero attached hydrogens (tertiary/aromatic N) is 1. The molecule has 0 aliphatic heterocycles. The summed E-state index contributed by atoms with van der Waals surface area (Å²) in [6.07, 6.45) is 3.78. The van der Waals surface area contributed by atoms with Gasteiger partial charge in [-0.3, -0.25) is 14.2 Å². The Kier molecular flexibility index (Phi) is 4.38. The fraction of sp³-hybridized carbons (Fsp3) is 0.111. The molecule has 0 aliphatic rings. The van der Waals surface area contributed by atoms with Gasteiger partial charge in [0, 0.05) is 30.9 Å². The monoisotopic (exact) mass is 308 g/mol. The zero-order chi connectivity index (χ0) is 16.1. The molecule has 1 amide bonds. The van der Waals surface area contributed by atoms with Gasteiger partial charge in [-0.25, -0.2) is 0 Å². The van der Waals surface area contributed by atoms with E-state index in [1.807, 2.05) is 42.5 Å². The van der Waals surface area contributed by atoms with Crippen LogP contribution < -0.4 is 10.9 Å². The van der Waals surface area contributed by atoms with Crippen molar-refractivity contribution < 1.29 is 9.21 Å². The van der Waals surface area contributed by atoms with Crippen LogP contribution in [0, 0.1) is 0 Å². The molecule has 116 valence electrons. The average Bonchev–Trinajstić information content (AvgIpc) is 3.09. The van der Waals surface area contributed by atoms with Crippen LogP contribution in [0.4, 0.5) is 0 Å². The Morgan fingerprint density at radius 2 is 1.87 bits per heavy atom. The van der Waals surface area contributed by atoms with Crippen molar-refractivity contribution >= 4 is 5.91 Å². The Morgan fingerprint density at radius 3 is 2.61 bits per heavy atom. The zero-order valence-corrected chi connectivity index (χ0v) is 12.4. The maximum absolute atomic E-state index is 12.2. The highest BCUT2D eigenvalue weighted by Gasteiger charge is 2.08. The van der Waals surface area contributed by atoms with Crippen molar-refractivity contribution in [3.8, 4) is 5.69 Å². The van der Waals surface area contributed by atoms with Crippen LogP contribution in [-0.2, 0) is 6.42 Å². The molecule has 1 N–H and O–H groups in total. The fourth-order valence-electron chi connectivity index (χ4n) is 2.27. The van der Waals surface area contributed by atoms with Crippen molar-refractivity contribution in [3.63, 3.8) is 0 Å². The van der Waals surface area contributed by atoms with Crippen molar-refractivity contribution in [2.75, 3.05) is 6.54 Å². The fourth-order valence-corrected chi connectivity index (χ4v) is 2.27. The maximum Gasteiger partial charge on any atom is 0.255 e. The van der Waals surface area contributed by atoms with E-state index in [1.54, 1.807) is 12.5 Å². The summed E-state index contributed by atoms with van der Waals surface area (Å²) >= 11 is 0. The summed E-state index contributed by atoms with van der Waals surface area (Å²) in [6.45, 7) is 0.469. The number of rotatable bonds is 5. The summed E-state index contributed by atoms with van der Waals surface area (Å²) in [5, 5.41) is 2.82. The molecule has 23 heavy (non-hydrogen) atoms. The number of aromatic nitrogens is 1. The largest absolute Gasteiger partial charge is 0.469 e. The van der Waals surface area contributed by atoms with Gasteiger partial charge in [-0.1, -0.05) is 18.2 Å². The highest BCUT2D eigenvalue weighted by Crippen LogP contribution is 2.06. The number of furan rings is 1. The van der Waals surface area contributed by atoms with E-state index in [1.165, 1.54) is 16.7 Å². The average molecular weight is 308 g/mol. The summed E-state index contributed by atoms with van der Waals surface area (Å²) in [7, 11) is 0. The Bertz CT molecular complexity index is 836. The highest BCUT2D eigenvalue weighted by molar-refractivity contribution is 5.93. The summed E-state index contributed by atoms with van der Waals surface area (Å²) < 4.78 is 6.68. The lowest BCUT2D eigenvalue weighted by molar-refractivity contribution is 0.0953. The van der Waals surface area contributed by atoms with Gasteiger partial charge in [0.15, 0.2) is 0 Å². The van der Waals surface area contributed by atoms with E-state index in [4.69, 9.17) is 4.42 Å². The second kappa shape index (κ2) is 6.79. The molecule has 0 saturated heterocycles. The number of nitrogens with one attached hydrogen (secondary N) is 1. The first-order chi connectivity index (χ1) is 11.2. The Morgan fingerprint density at radius 1 is 1.04 bits per heavy atom. The van der Waals surface area contributed by atoms with Gasteiger partial charge in [-0.05, 0) is 30.3 Å². The lowest BCUT2D eigenvalue weighted by Crippen LogP contribution is -2.27. The molecule has 3 aromatic rings. The van der Waals surface area contributed by atoms with Gasteiger partial charge in [0.2, 0.25) is 0 Å². The number of hydrogen-bond donors (Lipinski definition) is 1. The van der Waals surface area contributed by atoms with E-state index in [2.05, 4.69) is 5.32 Å². The Hall–Kier alpha value is -3.08. The van der Waals surface area contributed by atoms with Crippen LogP contribution in [0.3, 0.4) is 0 Å². The van der Waals surface area contributed by atoms with E-state index < -0.39 is 0 Å². The molecule has 0 fully saturated rings. The molecule has 5 heteroatoms. The molecule has 0 bridgehead atoms. The molecule has 0 saturated carbocycles. The van der Waals surface area contributed by atoms with Crippen molar-refractivity contribution in [2.45, 2.75) is 6.42 Å². The van der Waals surface area contributed by atoms with Crippen LogP contribution in [-0.4, -0.2) is 17.0 Å². The van der Waals surface area contributed by atoms with E-state index >= 15 is 0 Å². The molecule has 0 aliphatic carbocycles. The SMILES string of the molecule is O=C(NCCc1ccco1)c1ccc(=O)n(-c2ccccc2)c1. The summed E-state index contributed by atoms with van der Waals surface area (Å²) in [6, 6.07) is 15.8. The van der Waals surface area contributed by atoms with E-state index in [-0.39, 0.29) is 11.5 Å². The zero-order valence-electron chi connectivity index (χ0n) is 12.4. The van der Waals surface area contributed by atoms with Crippen molar-refractivity contribution in [1.82, 2.24) is 9.88 Å². The molecule has 5 nitrogen and oxygen atoms in total. The normalized spacial score (nSPS) is 10.4. The lowest BCUT2D eigenvalue weighted by Gasteiger charge is -2.08. The van der Waals surface area contributed by atoms with Gasteiger partial charge in [-0.2, -0.15) is 0 Å². The third kappa shape index (κ3) is 3.58. The summed E-state index contributed by atoms with van der Waals surface area (Å²) in [5.74, 6) is 0.598. The lowest BCUT2D eigenvalue weighted by atomic mass is 10.2. The number of amides is 1. The molecule has 0 radical (unpaired) electrons. The van der Waals surface area contributed by atoms with Crippen LogP contribution in [0.15, 0.2) is 76.3 Å². The van der Waals surface area contributed by atoms with Crippen LogP contribution in [0.5, 0.6) is 0 Å². The first-order valence-corrected chi connectivity index (χ1v) is 7.33. The number of para-hydroxylation sites is 1. The highest BCUT2D eigenvalue weighted by atomic mass is 16.3. The topological polar surface area (TPSA) is 64.2 Å². The van der Waals surface area contributed by atoms with Crippen molar-refractivity contribution in [3.05, 3.63) is 88.7 Å². The number of benzene rings is 1. The molecular formula is C18H16N2O3. The summed E-state index contributed by atoms with van der Waals surface area (Å²) in [5.41, 5.74) is 0.985. The molecule has 2 heterocycles. The predicted octanol–water partition coefficient (Wildman–Crippen LogP) is 2.40. The van der Waals surface area contributed by atoms with Crippen LogP contribution in [0.1, 0.15) is 16.1 Å². The van der Waals surface area contributed by atoms with Gasteiger partial charge in [0.1, 0.15) is 5.76 Å². The number of hydrogen-bond acceptors (Lipinski definition) is 3. The predicted molar refractivity (Wildman–Crippen MR) is 86.8 cm³/mol. The number of carbonyl (C=O) groups excluding carboxylic acids is 1. The molecule has 3 rings (SSSR count). The van der Waals surface area contributed by atoms with E-state index in [0.717, 1.165) is 11.4 Å². The van der Waals surface area contributed by atoms with Gasteiger partial charge in [-0.15, -0.1) is 0 Å². The molecule has 0 atom stereocenters. The van der Waals surface area contributed by atoms with Crippen molar-refractivity contribution in [1.29, 1.82) is 0 Å². The summed E-state index contributed by atoms with van der Waals surface area (Å²) in [4.78, 5) is 24.2. The molecular weight excluding hydrogens is 292 g/mol. The second-order valence-corrected chi connectivity index (χ2v) is 5.05. The quantitative estimate of drug-likeness (QED) is 0.787. The minimum Gasteiger partial charge on any atom is -0.469 e. The Balaban J connectivity index is 1.72. The maximum atomic E-state index is 12.2. The van der Waals surface area contributed by atoms with E-state index in [0.29, 0.717) is 18.5 Å². The first kappa shape index (κ1) is 14.8. The minimum absolute atomic E-state index is 0.177. The third-order valence-corrected chi connectivity index (χ3v) is 3.44. The van der Waals surface area contributed by atoms with Crippen LogP contribution in [0.25, 0.3) is 5.69 Å². The molecule has 1 aromatic carbocycles. The number of carbonyl (C=O) groups is 1. The van der Waals surface area contributed by atoms with Gasteiger partial charge in [0.25, 0.3) is 11.5 Å². The van der Waals surface area contributed by atoms with Gasteiger partial charge < -0.3 is 9.73 Å². The smallest absolute Gasteiger partial charge is 0.255 e. The van der Waals surface area contributed by atoms with Gasteiger partial charge >= 0.3 is 0 Å². The van der Waals surface area contributed by atoms with Crippen LogP contribution >= 0.6 is 0 Å². The van der Waals surface area contributed by atoms with Crippen molar-refractivity contribution in [2.24, 2.45) is 0 Å². The van der Waals surface area contributed by atoms with E-state index in [9.17, 15) is 9.59 Å². The van der Waals surface area contributed by atoms with Gasteiger partial charge in [0.05, 0.1) is 11.8 Å². The molecule has 0 unspecified atom stereocenters. The molecule has 2 aromatic heterocycles. The molecule has 0 spiro atoms. The standard InChI is InChI=1S/C18H16N2O3/c21-17-9-8-14(13-20(17)15-5-2-1-3-6-15)18(22)19-11-10-16-7-4-12-23-16/h1-9,12-13H,10-11H2,(H,19,22). The Labute approximate surface area is 133 Å². The first-order valence-electron chi connectivity index (χ1n) is 7.33. The third-order valence-electron chi connectivity index (χ3n) is 3.44. The minimum atomic E-state index is -0.221. The van der Waals surface area contributed by atoms with Crippen LogP contribution in [0.2, 0.25) is 0 Å². The number of pyridine rings is 1. The second-order valence-electron chi connectivity index (χ2n) is 5.05.